The Bertz CT molecular complexity index is 530. The number of rotatable bonds is 1. The van der Waals surface area contributed by atoms with Crippen LogP contribution in [0.4, 0.5) is 0 Å². The van der Waals surface area contributed by atoms with Crippen LogP contribution in [0.2, 0.25) is 5.02 Å². The molecule has 2 aliphatic rings. The third-order valence-electron chi connectivity index (χ3n) is 5.21. The smallest absolute Gasteiger partial charge is 0.255 e. The van der Waals surface area contributed by atoms with E-state index in [-0.39, 0.29) is 5.91 Å². The molecule has 1 aromatic carbocycles. The molecule has 21 heavy (non-hydrogen) atoms. The Balaban J connectivity index is 1.69. The molecule has 0 radical (unpaired) electrons. The molecule has 1 saturated heterocycles. The van der Waals surface area contributed by atoms with E-state index in [9.17, 15) is 4.79 Å². The molecule has 1 amide bonds. The second-order valence-corrected chi connectivity index (χ2v) is 7.44. The van der Waals surface area contributed by atoms with Crippen molar-refractivity contribution in [2.75, 3.05) is 13.1 Å². The first-order valence-electron chi connectivity index (χ1n) is 7.88. The van der Waals surface area contributed by atoms with Crippen molar-refractivity contribution in [3.8, 4) is 0 Å². The predicted molar refractivity (Wildman–Crippen MR) is 89.4 cm³/mol. The molecule has 0 bridgehead atoms. The highest BCUT2D eigenvalue weighted by molar-refractivity contribution is 7.80. The molecule has 1 aromatic rings. The van der Waals surface area contributed by atoms with Gasteiger partial charge in [0.2, 0.25) is 0 Å². The van der Waals surface area contributed by atoms with E-state index < -0.39 is 0 Å². The van der Waals surface area contributed by atoms with E-state index in [1.165, 1.54) is 32.1 Å². The maximum atomic E-state index is 12.7. The molecule has 1 heterocycles. The summed E-state index contributed by atoms with van der Waals surface area (Å²) in [5, 5.41) is 0.524. The lowest BCUT2D eigenvalue weighted by atomic mass is 9.68. The summed E-state index contributed by atoms with van der Waals surface area (Å²) in [4.78, 5) is 15.4. The minimum Gasteiger partial charge on any atom is -0.339 e. The SMILES string of the molecule is O=C(c1cc(S)ccc1Cl)N1CCC2(CCCCC2)CC1. The van der Waals surface area contributed by atoms with Gasteiger partial charge >= 0.3 is 0 Å². The second-order valence-electron chi connectivity index (χ2n) is 6.52. The van der Waals surface area contributed by atoms with Gasteiger partial charge in [0.1, 0.15) is 0 Å². The van der Waals surface area contributed by atoms with Crippen molar-refractivity contribution in [1.29, 1.82) is 0 Å². The Kier molecular flexibility index (Phi) is 4.51. The normalized spacial score (nSPS) is 21.5. The van der Waals surface area contributed by atoms with Crippen molar-refractivity contribution in [1.82, 2.24) is 4.90 Å². The van der Waals surface area contributed by atoms with Gasteiger partial charge in [-0.05, 0) is 49.3 Å². The van der Waals surface area contributed by atoms with E-state index in [1.807, 2.05) is 11.0 Å². The van der Waals surface area contributed by atoms with Gasteiger partial charge in [0.25, 0.3) is 5.91 Å². The molecule has 0 unspecified atom stereocenters. The molecule has 3 rings (SSSR count). The molecule has 4 heteroatoms. The van der Waals surface area contributed by atoms with Crippen LogP contribution >= 0.6 is 24.2 Å². The predicted octanol–water partition coefficient (Wildman–Crippen LogP) is 4.82. The topological polar surface area (TPSA) is 20.3 Å². The maximum Gasteiger partial charge on any atom is 0.255 e. The van der Waals surface area contributed by atoms with Gasteiger partial charge in [0.15, 0.2) is 0 Å². The van der Waals surface area contributed by atoms with Crippen LogP contribution in [0.25, 0.3) is 0 Å². The second kappa shape index (κ2) is 6.21. The van der Waals surface area contributed by atoms with Crippen LogP contribution in [0, 0.1) is 5.41 Å². The summed E-state index contributed by atoms with van der Waals surface area (Å²) in [6, 6.07) is 5.35. The van der Waals surface area contributed by atoms with Gasteiger partial charge in [-0.3, -0.25) is 4.79 Å². The molecule has 1 aliphatic carbocycles. The summed E-state index contributed by atoms with van der Waals surface area (Å²) in [5.74, 6) is 0.0570. The van der Waals surface area contributed by atoms with Crippen molar-refractivity contribution in [3.05, 3.63) is 28.8 Å². The first-order valence-corrected chi connectivity index (χ1v) is 8.70. The highest BCUT2D eigenvalue weighted by atomic mass is 35.5. The van der Waals surface area contributed by atoms with Crippen LogP contribution in [0.15, 0.2) is 23.1 Å². The average Bonchev–Trinajstić information content (AvgIpc) is 2.51. The van der Waals surface area contributed by atoms with Gasteiger partial charge < -0.3 is 4.90 Å². The number of carbonyl (C=O) groups is 1. The number of amides is 1. The standard InChI is InChI=1S/C17H22ClNOS/c18-15-5-4-13(21)12-14(15)16(20)19-10-8-17(9-11-19)6-2-1-3-7-17/h4-5,12,21H,1-3,6-11H2. The molecule has 0 N–H and O–H groups in total. The molecule has 2 nitrogen and oxygen atoms in total. The molecule has 114 valence electrons. The fourth-order valence-corrected chi connectivity index (χ4v) is 4.24. The highest BCUT2D eigenvalue weighted by Gasteiger charge is 2.37. The number of likely N-dealkylation sites (tertiary alicyclic amines) is 1. The Morgan fingerprint density at radius 1 is 1.10 bits per heavy atom. The first kappa shape index (κ1) is 15.2. The zero-order valence-corrected chi connectivity index (χ0v) is 13.9. The van der Waals surface area contributed by atoms with Crippen LogP contribution < -0.4 is 0 Å². The molecule has 1 saturated carbocycles. The minimum absolute atomic E-state index is 0.0570. The van der Waals surface area contributed by atoms with Gasteiger partial charge in [-0.15, -0.1) is 12.6 Å². The third-order valence-corrected chi connectivity index (χ3v) is 5.81. The number of hydrogen-bond donors (Lipinski definition) is 1. The van der Waals surface area contributed by atoms with Crippen LogP contribution in [0.5, 0.6) is 0 Å². The molecule has 2 fully saturated rings. The lowest BCUT2D eigenvalue weighted by Crippen LogP contribution is -2.44. The van der Waals surface area contributed by atoms with E-state index in [1.54, 1.807) is 12.1 Å². The van der Waals surface area contributed by atoms with Crippen LogP contribution in [0.3, 0.4) is 0 Å². The Labute approximate surface area is 137 Å². The average molecular weight is 324 g/mol. The van der Waals surface area contributed by atoms with Gasteiger partial charge in [-0.25, -0.2) is 0 Å². The van der Waals surface area contributed by atoms with Crippen LogP contribution in [-0.4, -0.2) is 23.9 Å². The Morgan fingerprint density at radius 3 is 2.43 bits per heavy atom. The van der Waals surface area contributed by atoms with E-state index in [4.69, 9.17) is 11.6 Å². The number of thiol groups is 1. The summed E-state index contributed by atoms with van der Waals surface area (Å²) in [5.41, 5.74) is 1.10. The van der Waals surface area contributed by atoms with E-state index in [2.05, 4.69) is 12.6 Å². The van der Waals surface area contributed by atoms with Crippen molar-refractivity contribution in [3.63, 3.8) is 0 Å². The lowest BCUT2D eigenvalue weighted by molar-refractivity contribution is 0.0472. The highest BCUT2D eigenvalue weighted by Crippen LogP contribution is 2.44. The van der Waals surface area contributed by atoms with E-state index in [0.717, 1.165) is 30.8 Å². The molecule has 0 aromatic heterocycles. The monoisotopic (exact) mass is 323 g/mol. The summed E-state index contributed by atoms with van der Waals surface area (Å²) in [7, 11) is 0. The van der Waals surface area contributed by atoms with Crippen molar-refractivity contribution in [2.24, 2.45) is 5.41 Å². The fourth-order valence-electron chi connectivity index (χ4n) is 3.83. The van der Waals surface area contributed by atoms with Crippen molar-refractivity contribution >= 4 is 30.1 Å². The zero-order chi connectivity index (χ0) is 14.9. The maximum absolute atomic E-state index is 12.7. The minimum atomic E-state index is 0.0570. The van der Waals surface area contributed by atoms with Gasteiger partial charge in [0.05, 0.1) is 10.6 Å². The van der Waals surface area contributed by atoms with Crippen molar-refractivity contribution < 1.29 is 4.79 Å². The third kappa shape index (κ3) is 3.24. The first-order chi connectivity index (χ1) is 10.1. The lowest BCUT2D eigenvalue weighted by Gasteiger charge is -2.44. The molecule has 0 atom stereocenters. The number of piperidine rings is 1. The Morgan fingerprint density at radius 2 is 1.76 bits per heavy atom. The van der Waals surface area contributed by atoms with Crippen LogP contribution in [-0.2, 0) is 0 Å². The quantitative estimate of drug-likeness (QED) is 0.735. The van der Waals surface area contributed by atoms with Crippen LogP contribution in [0.1, 0.15) is 55.3 Å². The van der Waals surface area contributed by atoms with E-state index >= 15 is 0 Å². The van der Waals surface area contributed by atoms with Gasteiger partial charge in [-0.2, -0.15) is 0 Å². The van der Waals surface area contributed by atoms with Crippen molar-refractivity contribution in [2.45, 2.75) is 49.8 Å². The summed E-state index contributed by atoms with van der Waals surface area (Å²) in [6.45, 7) is 1.73. The molecule has 1 spiro atoms. The fraction of sp³-hybridized carbons (Fsp3) is 0.588. The number of carbonyl (C=O) groups excluding carboxylic acids is 1. The summed E-state index contributed by atoms with van der Waals surface area (Å²) < 4.78 is 0. The molecule has 1 aliphatic heterocycles. The molecular weight excluding hydrogens is 302 g/mol. The Hall–Kier alpha value is -0.670. The van der Waals surface area contributed by atoms with E-state index in [0.29, 0.717) is 16.0 Å². The molecular formula is C17H22ClNOS. The number of halogens is 1. The van der Waals surface area contributed by atoms with Gasteiger partial charge in [0, 0.05) is 18.0 Å². The summed E-state index contributed by atoms with van der Waals surface area (Å²) >= 11 is 10.5. The number of nitrogens with zero attached hydrogens (tertiary/aromatic N) is 1. The summed E-state index contributed by atoms with van der Waals surface area (Å²) in [6.07, 6.45) is 9.11. The zero-order valence-electron chi connectivity index (χ0n) is 12.3. The van der Waals surface area contributed by atoms with Gasteiger partial charge in [-0.1, -0.05) is 30.9 Å². The largest absolute Gasteiger partial charge is 0.339 e. The number of hydrogen-bond acceptors (Lipinski definition) is 2. The number of benzene rings is 1.